The number of hydrogen-bond donors (Lipinski definition) is 0. The molecule has 1 aromatic rings. The lowest BCUT2D eigenvalue weighted by molar-refractivity contribution is 0.0494. The van der Waals surface area contributed by atoms with Gasteiger partial charge in [-0.1, -0.05) is 45.9 Å². The maximum Gasteiger partial charge on any atom is 0.188 e. The first-order valence-corrected chi connectivity index (χ1v) is 5.82. The first-order chi connectivity index (χ1) is 7.57. The predicted molar refractivity (Wildman–Crippen MR) is 67.1 cm³/mol. The highest BCUT2D eigenvalue weighted by Crippen LogP contribution is 2.34. The normalized spacial score (nSPS) is 11.2. The molecule has 0 radical (unpaired) electrons. The Balaban J connectivity index is 3.12. The highest BCUT2D eigenvalue weighted by Gasteiger charge is 2.14. The minimum atomic E-state index is 0.309. The van der Waals surface area contributed by atoms with Gasteiger partial charge in [0.2, 0.25) is 0 Å². The Bertz CT molecular complexity index is 303. The highest BCUT2D eigenvalue weighted by atomic mass is 16.7. The van der Waals surface area contributed by atoms with Gasteiger partial charge in [-0.15, -0.1) is 0 Å². The minimum Gasteiger partial charge on any atom is -0.467 e. The molecule has 1 aromatic carbocycles. The molecule has 0 fully saturated rings. The Morgan fingerprint density at radius 3 is 1.88 bits per heavy atom. The summed E-state index contributed by atoms with van der Waals surface area (Å²) in [6, 6.07) is 6.35. The summed E-state index contributed by atoms with van der Waals surface area (Å²) in [6.07, 6.45) is 0. The number of hydrogen-bond acceptors (Lipinski definition) is 2. The van der Waals surface area contributed by atoms with E-state index < -0.39 is 0 Å². The molecule has 0 aliphatic heterocycles. The predicted octanol–water partition coefficient (Wildman–Crippen LogP) is 3.92. The van der Waals surface area contributed by atoms with Crippen LogP contribution in [0.15, 0.2) is 18.2 Å². The van der Waals surface area contributed by atoms with Crippen molar-refractivity contribution in [3.63, 3.8) is 0 Å². The van der Waals surface area contributed by atoms with Crippen LogP contribution in [0, 0.1) is 0 Å². The fraction of sp³-hybridized carbons (Fsp3) is 0.571. The van der Waals surface area contributed by atoms with Crippen LogP contribution in [0.25, 0.3) is 0 Å². The molecule has 0 bridgehead atoms. The van der Waals surface area contributed by atoms with Crippen LogP contribution in [-0.4, -0.2) is 13.9 Å². The van der Waals surface area contributed by atoms with E-state index in [1.807, 2.05) is 0 Å². The van der Waals surface area contributed by atoms with Crippen LogP contribution < -0.4 is 4.74 Å². The molecule has 1 rings (SSSR count). The summed E-state index contributed by atoms with van der Waals surface area (Å²) in [5.41, 5.74) is 2.51. The van der Waals surface area contributed by atoms with Crippen molar-refractivity contribution in [2.45, 2.75) is 39.5 Å². The van der Waals surface area contributed by atoms with E-state index in [2.05, 4.69) is 45.9 Å². The number of rotatable bonds is 5. The molecule has 90 valence electrons. The van der Waals surface area contributed by atoms with Gasteiger partial charge in [0, 0.05) is 7.11 Å². The van der Waals surface area contributed by atoms with Crippen LogP contribution in [0.5, 0.6) is 5.75 Å². The van der Waals surface area contributed by atoms with Gasteiger partial charge in [0.1, 0.15) is 5.75 Å². The lowest BCUT2D eigenvalue weighted by Gasteiger charge is -2.19. The highest BCUT2D eigenvalue weighted by molar-refractivity contribution is 5.44. The van der Waals surface area contributed by atoms with Crippen molar-refractivity contribution in [1.29, 1.82) is 0 Å². The van der Waals surface area contributed by atoms with E-state index in [9.17, 15) is 0 Å². The van der Waals surface area contributed by atoms with E-state index in [-0.39, 0.29) is 0 Å². The molecule has 0 spiro atoms. The van der Waals surface area contributed by atoms with Crippen LogP contribution in [0.3, 0.4) is 0 Å². The molecule has 0 saturated heterocycles. The van der Waals surface area contributed by atoms with Gasteiger partial charge < -0.3 is 9.47 Å². The van der Waals surface area contributed by atoms with Crippen molar-refractivity contribution in [1.82, 2.24) is 0 Å². The Morgan fingerprint density at radius 1 is 1.00 bits per heavy atom. The molecule has 0 atom stereocenters. The summed E-state index contributed by atoms with van der Waals surface area (Å²) in [7, 11) is 1.65. The van der Waals surface area contributed by atoms with Crippen molar-refractivity contribution in [3.05, 3.63) is 29.3 Å². The molecule has 2 nitrogen and oxygen atoms in total. The van der Waals surface area contributed by atoms with Gasteiger partial charge in [-0.05, 0) is 23.0 Å². The number of benzene rings is 1. The van der Waals surface area contributed by atoms with Crippen molar-refractivity contribution < 1.29 is 9.47 Å². The second kappa shape index (κ2) is 5.90. The van der Waals surface area contributed by atoms with Gasteiger partial charge in [-0.25, -0.2) is 0 Å². The van der Waals surface area contributed by atoms with Crippen LogP contribution in [0.1, 0.15) is 50.7 Å². The molecule has 0 aromatic heterocycles. The van der Waals surface area contributed by atoms with Gasteiger partial charge in [0.05, 0.1) is 0 Å². The van der Waals surface area contributed by atoms with Gasteiger partial charge in [-0.2, -0.15) is 0 Å². The molecular weight excluding hydrogens is 200 g/mol. The summed E-state index contributed by atoms with van der Waals surface area (Å²) in [4.78, 5) is 0. The number of para-hydroxylation sites is 1. The first kappa shape index (κ1) is 13.0. The average Bonchev–Trinajstić information content (AvgIpc) is 2.25. The largest absolute Gasteiger partial charge is 0.467 e. The molecule has 16 heavy (non-hydrogen) atoms. The summed E-state index contributed by atoms with van der Waals surface area (Å²) >= 11 is 0. The summed E-state index contributed by atoms with van der Waals surface area (Å²) < 4.78 is 10.7. The molecule has 0 N–H and O–H groups in total. The monoisotopic (exact) mass is 222 g/mol. The zero-order chi connectivity index (χ0) is 12.1. The Hall–Kier alpha value is -1.02. The maximum absolute atomic E-state index is 5.72. The van der Waals surface area contributed by atoms with Gasteiger partial charge >= 0.3 is 0 Å². The average molecular weight is 222 g/mol. The molecule has 0 saturated carbocycles. The zero-order valence-electron chi connectivity index (χ0n) is 10.9. The molecule has 0 amide bonds. The fourth-order valence-corrected chi connectivity index (χ4v) is 1.77. The smallest absolute Gasteiger partial charge is 0.188 e. The number of methoxy groups -OCH3 is 1. The van der Waals surface area contributed by atoms with Gasteiger partial charge in [-0.3, -0.25) is 0 Å². The third-order valence-corrected chi connectivity index (χ3v) is 2.64. The van der Waals surface area contributed by atoms with Crippen molar-refractivity contribution >= 4 is 0 Å². The van der Waals surface area contributed by atoms with Crippen molar-refractivity contribution in [3.8, 4) is 5.75 Å². The second-order valence-electron chi connectivity index (χ2n) is 4.63. The Kier molecular flexibility index (Phi) is 4.81. The minimum absolute atomic E-state index is 0.309. The molecule has 0 aliphatic rings. The third kappa shape index (κ3) is 2.99. The Morgan fingerprint density at radius 2 is 1.50 bits per heavy atom. The van der Waals surface area contributed by atoms with E-state index in [1.54, 1.807) is 7.11 Å². The van der Waals surface area contributed by atoms with E-state index in [0.29, 0.717) is 18.6 Å². The lowest BCUT2D eigenvalue weighted by atomic mass is 9.94. The second-order valence-corrected chi connectivity index (χ2v) is 4.63. The molecule has 0 heterocycles. The van der Waals surface area contributed by atoms with E-state index in [1.165, 1.54) is 11.1 Å². The van der Waals surface area contributed by atoms with Crippen molar-refractivity contribution in [2.75, 3.05) is 13.9 Å². The summed E-state index contributed by atoms with van der Waals surface area (Å²) in [5.74, 6) is 1.92. The lowest BCUT2D eigenvalue weighted by Crippen LogP contribution is -2.06. The van der Waals surface area contributed by atoms with Crippen molar-refractivity contribution in [2.24, 2.45) is 0 Å². The molecule has 0 aliphatic carbocycles. The third-order valence-electron chi connectivity index (χ3n) is 2.64. The SMILES string of the molecule is COCOc1c(C(C)C)cccc1C(C)C. The maximum atomic E-state index is 5.72. The Labute approximate surface area is 98.6 Å². The van der Waals surface area contributed by atoms with Crippen LogP contribution in [0.4, 0.5) is 0 Å². The fourth-order valence-electron chi connectivity index (χ4n) is 1.77. The molecule has 2 heteroatoms. The standard InChI is InChI=1S/C14H22O2/c1-10(2)12-7-6-8-13(11(3)4)14(12)16-9-15-5/h6-8,10-11H,9H2,1-5H3. The van der Waals surface area contributed by atoms with E-state index >= 15 is 0 Å². The van der Waals surface area contributed by atoms with Gasteiger partial charge in [0.25, 0.3) is 0 Å². The van der Waals surface area contributed by atoms with Gasteiger partial charge in [0.15, 0.2) is 6.79 Å². The van der Waals surface area contributed by atoms with Crippen LogP contribution >= 0.6 is 0 Å². The van der Waals surface area contributed by atoms with Crippen LogP contribution in [-0.2, 0) is 4.74 Å². The zero-order valence-corrected chi connectivity index (χ0v) is 10.9. The topological polar surface area (TPSA) is 18.5 Å². The molecule has 0 unspecified atom stereocenters. The first-order valence-electron chi connectivity index (χ1n) is 5.82. The quantitative estimate of drug-likeness (QED) is 0.703. The van der Waals surface area contributed by atoms with E-state index in [4.69, 9.17) is 9.47 Å². The number of ether oxygens (including phenoxy) is 2. The van der Waals surface area contributed by atoms with Crippen LogP contribution in [0.2, 0.25) is 0 Å². The van der Waals surface area contributed by atoms with E-state index in [0.717, 1.165) is 5.75 Å². The summed E-state index contributed by atoms with van der Waals surface area (Å²) in [5, 5.41) is 0. The molecular formula is C14H22O2. The summed E-state index contributed by atoms with van der Waals surface area (Å²) in [6.45, 7) is 9.03.